The van der Waals surface area contributed by atoms with Gasteiger partial charge in [0, 0.05) is 41.5 Å². The highest BCUT2D eigenvalue weighted by Crippen LogP contribution is 2.29. The zero-order valence-corrected chi connectivity index (χ0v) is 17.0. The van der Waals surface area contributed by atoms with Crippen molar-refractivity contribution in [3.05, 3.63) is 71.1 Å². The molecule has 1 aliphatic carbocycles. The van der Waals surface area contributed by atoms with Gasteiger partial charge >= 0.3 is 0 Å². The Labute approximate surface area is 176 Å². The van der Waals surface area contributed by atoms with Crippen molar-refractivity contribution in [1.29, 1.82) is 0 Å². The zero-order valence-electron chi connectivity index (χ0n) is 15.4. The molecule has 0 aliphatic heterocycles. The van der Waals surface area contributed by atoms with Gasteiger partial charge in [0.05, 0.1) is 0 Å². The van der Waals surface area contributed by atoms with Crippen molar-refractivity contribution in [3.63, 3.8) is 0 Å². The number of nitrogens with one attached hydrogen (secondary N) is 2. The maximum Gasteiger partial charge on any atom is 0.247 e. The molecule has 1 amide bonds. The van der Waals surface area contributed by atoms with E-state index in [4.69, 9.17) is 5.73 Å². The summed E-state index contributed by atoms with van der Waals surface area (Å²) in [4.78, 5) is 20.4. The maximum absolute atomic E-state index is 12.8. The number of nitrogens with zero attached hydrogens (tertiary/aromatic N) is 1. The van der Waals surface area contributed by atoms with Crippen LogP contribution in [0.25, 0.3) is 17.1 Å². The summed E-state index contributed by atoms with van der Waals surface area (Å²) in [5.74, 6) is -0.0357. The van der Waals surface area contributed by atoms with Gasteiger partial charge in [-0.15, -0.1) is 24.8 Å². The third-order valence-corrected chi connectivity index (χ3v) is 4.92. The van der Waals surface area contributed by atoms with E-state index in [0.717, 1.165) is 35.0 Å². The van der Waals surface area contributed by atoms with E-state index >= 15 is 0 Å². The fourth-order valence-electron chi connectivity index (χ4n) is 3.55. The van der Waals surface area contributed by atoms with Crippen LogP contribution in [0.1, 0.15) is 23.1 Å². The summed E-state index contributed by atoms with van der Waals surface area (Å²) in [6.45, 7) is 0.409. The van der Waals surface area contributed by atoms with Crippen LogP contribution in [0.4, 0.5) is 0 Å². The van der Waals surface area contributed by atoms with Gasteiger partial charge in [-0.2, -0.15) is 0 Å². The molecule has 4 N–H and O–H groups in total. The first kappa shape index (κ1) is 22.0. The molecule has 0 spiro atoms. The Bertz CT molecular complexity index is 969. The lowest BCUT2D eigenvalue weighted by atomic mass is 10.0. The molecule has 0 saturated heterocycles. The summed E-state index contributed by atoms with van der Waals surface area (Å²) in [7, 11) is 0. The average Bonchev–Trinajstić information content (AvgIpc) is 2.98. The Morgan fingerprint density at radius 1 is 1.18 bits per heavy atom. The second-order valence-electron chi connectivity index (χ2n) is 6.70. The van der Waals surface area contributed by atoms with Crippen molar-refractivity contribution in [2.24, 2.45) is 5.73 Å². The smallest absolute Gasteiger partial charge is 0.247 e. The minimum Gasteiger partial charge on any atom is -0.348 e. The number of H-pyrrole nitrogens is 1. The summed E-state index contributed by atoms with van der Waals surface area (Å²) < 4.78 is 0. The number of aromatic nitrogens is 2. The summed E-state index contributed by atoms with van der Waals surface area (Å²) in [6.07, 6.45) is 7.98. The number of rotatable bonds is 5. The van der Waals surface area contributed by atoms with Gasteiger partial charge < -0.3 is 16.0 Å². The SMILES string of the molecule is Cl.Cl.NC[C@H](Cc1ccccc1)NC(=O)C1=Cc2c[nH]c3nccc(c23)CC1. The van der Waals surface area contributed by atoms with E-state index in [-0.39, 0.29) is 36.8 Å². The van der Waals surface area contributed by atoms with Crippen LogP contribution in [0.3, 0.4) is 0 Å². The van der Waals surface area contributed by atoms with E-state index in [1.165, 1.54) is 11.1 Å². The highest BCUT2D eigenvalue weighted by atomic mass is 35.5. The van der Waals surface area contributed by atoms with E-state index in [1.54, 1.807) is 0 Å². The standard InChI is InChI=1S/C21H22N4O.2ClH/c22-12-18(10-14-4-2-1-3-5-14)25-21(26)16-7-6-15-8-9-23-20-19(15)17(11-16)13-24-20;;/h1-5,8-9,11,13,18H,6-7,10,12,22H2,(H,23,24)(H,25,26);2*1H/t18-;;/m0../s1. The second kappa shape index (κ2) is 9.73. The molecule has 148 valence electrons. The lowest BCUT2D eigenvalue weighted by Gasteiger charge is -2.18. The van der Waals surface area contributed by atoms with E-state index < -0.39 is 0 Å². The van der Waals surface area contributed by atoms with Gasteiger partial charge in [0.25, 0.3) is 0 Å². The van der Waals surface area contributed by atoms with Gasteiger partial charge in [-0.25, -0.2) is 4.98 Å². The molecule has 28 heavy (non-hydrogen) atoms. The van der Waals surface area contributed by atoms with Gasteiger partial charge in [-0.1, -0.05) is 30.3 Å². The molecule has 0 radical (unpaired) electrons. The molecule has 3 aromatic rings. The number of carbonyl (C=O) groups excluding carboxylic acids is 1. The highest BCUT2D eigenvalue weighted by molar-refractivity contribution is 6.02. The quantitative estimate of drug-likeness (QED) is 0.593. The van der Waals surface area contributed by atoms with Crippen LogP contribution in [0, 0.1) is 0 Å². The topological polar surface area (TPSA) is 83.8 Å². The first-order chi connectivity index (χ1) is 12.7. The average molecular weight is 419 g/mol. The molecule has 4 rings (SSSR count). The van der Waals surface area contributed by atoms with Gasteiger partial charge in [0.15, 0.2) is 0 Å². The van der Waals surface area contributed by atoms with E-state index in [9.17, 15) is 4.79 Å². The molecule has 7 heteroatoms. The molecule has 0 saturated carbocycles. The van der Waals surface area contributed by atoms with E-state index in [0.29, 0.717) is 13.0 Å². The van der Waals surface area contributed by atoms with Crippen LogP contribution >= 0.6 is 24.8 Å². The van der Waals surface area contributed by atoms with E-state index in [1.807, 2.05) is 42.7 Å². The Balaban J connectivity index is 0.00000140. The van der Waals surface area contributed by atoms with Crippen LogP contribution in [0.2, 0.25) is 0 Å². The Morgan fingerprint density at radius 2 is 1.96 bits per heavy atom. The number of benzene rings is 1. The lowest BCUT2D eigenvalue weighted by molar-refractivity contribution is -0.118. The zero-order chi connectivity index (χ0) is 17.9. The highest BCUT2D eigenvalue weighted by Gasteiger charge is 2.19. The second-order valence-corrected chi connectivity index (χ2v) is 6.70. The number of pyridine rings is 1. The minimum absolute atomic E-state index is 0. The van der Waals surface area contributed by atoms with Crippen LogP contribution in [0.5, 0.6) is 0 Å². The number of carbonyl (C=O) groups is 1. The number of halogens is 2. The molecule has 5 nitrogen and oxygen atoms in total. The third kappa shape index (κ3) is 4.55. The molecule has 2 heterocycles. The number of aromatic amines is 1. The van der Waals surface area contributed by atoms with Crippen LogP contribution in [-0.4, -0.2) is 28.5 Å². The molecule has 1 aromatic carbocycles. The van der Waals surface area contributed by atoms with Crippen LogP contribution in [0.15, 0.2) is 54.4 Å². The summed E-state index contributed by atoms with van der Waals surface area (Å²) in [5.41, 5.74) is 11.0. The summed E-state index contributed by atoms with van der Waals surface area (Å²) in [5, 5.41) is 4.23. The van der Waals surface area contributed by atoms with Gasteiger partial charge in [0.1, 0.15) is 5.65 Å². The van der Waals surface area contributed by atoms with Gasteiger partial charge in [0.2, 0.25) is 5.91 Å². The molecular weight excluding hydrogens is 395 g/mol. The van der Waals surface area contributed by atoms with Gasteiger partial charge in [-0.3, -0.25) is 4.79 Å². The molecule has 0 fully saturated rings. The molecule has 0 bridgehead atoms. The predicted molar refractivity (Wildman–Crippen MR) is 118 cm³/mol. The van der Waals surface area contributed by atoms with Crippen molar-refractivity contribution in [2.45, 2.75) is 25.3 Å². The van der Waals surface area contributed by atoms with Crippen molar-refractivity contribution in [2.75, 3.05) is 6.54 Å². The fraction of sp³-hybridized carbons (Fsp3) is 0.238. The Hall–Kier alpha value is -2.34. The van der Waals surface area contributed by atoms with Crippen molar-refractivity contribution in [3.8, 4) is 0 Å². The molecule has 2 aromatic heterocycles. The predicted octanol–water partition coefficient (Wildman–Crippen LogP) is 3.42. The number of amides is 1. The number of hydrogen-bond acceptors (Lipinski definition) is 3. The molecule has 0 unspecified atom stereocenters. The monoisotopic (exact) mass is 418 g/mol. The first-order valence-corrected chi connectivity index (χ1v) is 8.95. The summed E-state index contributed by atoms with van der Waals surface area (Å²) in [6, 6.07) is 12.1. The Morgan fingerprint density at radius 3 is 2.71 bits per heavy atom. The first-order valence-electron chi connectivity index (χ1n) is 8.95. The van der Waals surface area contributed by atoms with Crippen LogP contribution in [-0.2, 0) is 17.6 Å². The molecular formula is C21H24Cl2N4O. The van der Waals surface area contributed by atoms with E-state index in [2.05, 4.69) is 27.4 Å². The van der Waals surface area contributed by atoms with Crippen molar-refractivity contribution >= 4 is 47.8 Å². The third-order valence-electron chi connectivity index (χ3n) is 4.92. The normalized spacial score (nSPS) is 13.5. The molecule has 1 atom stereocenters. The lowest BCUT2D eigenvalue weighted by Crippen LogP contribution is -2.42. The Kier molecular flexibility index (Phi) is 7.63. The fourth-order valence-corrected chi connectivity index (χ4v) is 3.55. The minimum atomic E-state index is -0.0793. The maximum atomic E-state index is 12.8. The largest absolute Gasteiger partial charge is 0.348 e. The summed E-state index contributed by atoms with van der Waals surface area (Å²) >= 11 is 0. The van der Waals surface area contributed by atoms with Crippen molar-refractivity contribution < 1.29 is 4.79 Å². The molecule has 1 aliphatic rings. The number of nitrogens with two attached hydrogens (primary N) is 1. The van der Waals surface area contributed by atoms with Gasteiger partial charge in [-0.05, 0) is 42.5 Å². The number of hydrogen-bond donors (Lipinski definition) is 3. The number of aryl methyl sites for hydroxylation is 1. The van der Waals surface area contributed by atoms with Crippen molar-refractivity contribution in [1.82, 2.24) is 15.3 Å². The van der Waals surface area contributed by atoms with Crippen LogP contribution < -0.4 is 11.1 Å².